The summed E-state index contributed by atoms with van der Waals surface area (Å²) in [6, 6.07) is 13.0. The fourth-order valence-electron chi connectivity index (χ4n) is 2.83. The van der Waals surface area contributed by atoms with Crippen molar-refractivity contribution in [3.05, 3.63) is 54.1 Å². The van der Waals surface area contributed by atoms with Crippen molar-refractivity contribution in [2.45, 2.75) is 30.1 Å². The molecule has 0 heterocycles. The normalized spacial score (nSPS) is 15.2. The van der Waals surface area contributed by atoms with Crippen molar-refractivity contribution in [1.29, 1.82) is 0 Å². The van der Waals surface area contributed by atoms with Gasteiger partial charge in [-0.2, -0.15) is 0 Å². The molecule has 1 saturated carbocycles. The second-order valence-electron chi connectivity index (χ2n) is 6.16. The van der Waals surface area contributed by atoms with E-state index in [-0.39, 0.29) is 10.9 Å². The van der Waals surface area contributed by atoms with Gasteiger partial charge < -0.3 is 9.47 Å². The quantitative estimate of drug-likeness (QED) is 0.752. The molecule has 2 aromatic rings. The Kier molecular flexibility index (Phi) is 4.91. The molecule has 0 radical (unpaired) electrons. The summed E-state index contributed by atoms with van der Waals surface area (Å²) in [4.78, 5) is 12.3. The van der Waals surface area contributed by atoms with E-state index < -0.39 is 15.4 Å². The zero-order chi connectivity index (χ0) is 18.8. The van der Waals surface area contributed by atoms with Gasteiger partial charge in [-0.15, -0.1) is 0 Å². The number of hydrogen-bond donors (Lipinski definition) is 1. The Balaban J connectivity index is 1.75. The predicted molar refractivity (Wildman–Crippen MR) is 97.8 cm³/mol. The molecule has 0 aromatic heterocycles. The number of benzene rings is 2. The summed E-state index contributed by atoms with van der Waals surface area (Å²) in [6.07, 6.45) is 1.51. The summed E-state index contributed by atoms with van der Waals surface area (Å²) >= 11 is 0. The van der Waals surface area contributed by atoms with Gasteiger partial charge in [-0.3, -0.25) is 9.52 Å². The molecule has 138 valence electrons. The molecule has 0 spiro atoms. The number of anilines is 1. The molecule has 0 saturated heterocycles. The van der Waals surface area contributed by atoms with Crippen LogP contribution >= 0.6 is 0 Å². The SMILES string of the molecule is CCOC(=O)C1(c2ccc(NS(=O)(=O)c3ccc(OC)cc3)cc2)CC1. The molecule has 0 unspecified atom stereocenters. The molecule has 0 aliphatic heterocycles. The Labute approximate surface area is 153 Å². The Morgan fingerprint density at radius 2 is 1.69 bits per heavy atom. The van der Waals surface area contributed by atoms with Crippen LogP contribution in [0, 0.1) is 0 Å². The van der Waals surface area contributed by atoms with Crippen LogP contribution < -0.4 is 9.46 Å². The van der Waals surface area contributed by atoms with Crippen LogP contribution in [0.25, 0.3) is 0 Å². The summed E-state index contributed by atoms with van der Waals surface area (Å²) in [6.45, 7) is 2.13. The van der Waals surface area contributed by atoms with E-state index in [4.69, 9.17) is 9.47 Å². The van der Waals surface area contributed by atoms with Crippen molar-refractivity contribution in [1.82, 2.24) is 0 Å². The van der Waals surface area contributed by atoms with E-state index in [9.17, 15) is 13.2 Å². The molecule has 0 bridgehead atoms. The summed E-state index contributed by atoms with van der Waals surface area (Å²) in [5, 5.41) is 0. The number of esters is 1. The van der Waals surface area contributed by atoms with Crippen molar-refractivity contribution in [3.63, 3.8) is 0 Å². The molecular weight excluding hydrogens is 354 g/mol. The standard InChI is InChI=1S/C19H21NO5S/c1-3-25-18(21)19(12-13-19)14-4-6-15(7-5-14)20-26(22,23)17-10-8-16(24-2)9-11-17/h4-11,20H,3,12-13H2,1-2H3. The second-order valence-corrected chi connectivity index (χ2v) is 7.84. The maximum absolute atomic E-state index is 12.5. The third kappa shape index (κ3) is 3.53. The maximum Gasteiger partial charge on any atom is 0.316 e. The number of methoxy groups -OCH3 is 1. The van der Waals surface area contributed by atoms with E-state index in [0.29, 0.717) is 18.0 Å². The average molecular weight is 375 g/mol. The van der Waals surface area contributed by atoms with Gasteiger partial charge >= 0.3 is 5.97 Å². The minimum Gasteiger partial charge on any atom is -0.497 e. The second kappa shape index (κ2) is 6.99. The number of nitrogens with one attached hydrogen (secondary N) is 1. The van der Waals surface area contributed by atoms with Gasteiger partial charge in [0.2, 0.25) is 0 Å². The van der Waals surface area contributed by atoms with Crippen LogP contribution in [-0.2, 0) is 25.0 Å². The molecule has 1 fully saturated rings. The summed E-state index contributed by atoms with van der Waals surface area (Å²) < 4.78 is 37.7. The van der Waals surface area contributed by atoms with E-state index >= 15 is 0 Å². The van der Waals surface area contributed by atoms with Crippen LogP contribution in [0.2, 0.25) is 0 Å². The molecule has 0 atom stereocenters. The lowest BCUT2D eigenvalue weighted by Gasteiger charge is -2.15. The first-order valence-electron chi connectivity index (χ1n) is 8.36. The summed E-state index contributed by atoms with van der Waals surface area (Å²) in [5.74, 6) is 0.369. The highest BCUT2D eigenvalue weighted by Crippen LogP contribution is 2.49. The zero-order valence-corrected chi connectivity index (χ0v) is 15.5. The topological polar surface area (TPSA) is 81.7 Å². The Hall–Kier alpha value is -2.54. The monoisotopic (exact) mass is 375 g/mol. The maximum atomic E-state index is 12.5. The van der Waals surface area contributed by atoms with Gasteiger partial charge in [0, 0.05) is 5.69 Å². The third-order valence-electron chi connectivity index (χ3n) is 4.48. The van der Waals surface area contributed by atoms with Gasteiger partial charge in [0.1, 0.15) is 5.75 Å². The number of carbonyl (C=O) groups is 1. The van der Waals surface area contributed by atoms with Gasteiger partial charge in [-0.1, -0.05) is 12.1 Å². The van der Waals surface area contributed by atoms with E-state index in [1.807, 2.05) is 0 Å². The largest absolute Gasteiger partial charge is 0.497 e. The molecule has 26 heavy (non-hydrogen) atoms. The van der Waals surface area contributed by atoms with Gasteiger partial charge in [-0.05, 0) is 61.7 Å². The minimum atomic E-state index is -3.69. The highest BCUT2D eigenvalue weighted by Gasteiger charge is 2.52. The third-order valence-corrected chi connectivity index (χ3v) is 5.87. The van der Waals surface area contributed by atoms with Gasteiger partial charge in [0.05, 0.1) is 24.0 Å². The van der Waals surface area contributed by atoms with Crippen molar-refractivity contribution < 1.29 is 22.7 Å². The smallest absolute Gasteiger partial charge is 0.316 e. The molecule has 7 heteroatoms. The summed E-state index contributed by atoms with van der Waals surface area (Å²) in [7, 11) is -2.17. The average Bonchev–Trinajstić information content (AvgIpc) is 3.44. The minimum absolute atomic E-state index is 0.146. The first kappa shape index (κ1) is 18.3. The first-order chi connectivity index (χ1) is 12.4. The highest BCUT2D eigenvalue weighted by atomic mass is 32.2. The fraction of sp³-hybridized carbons (Fsp3) is 0.316. The van der Waals surface area contributed by atoms with Crippen LogP contribution in [-0.4, -0.2) is 28.1 Å². The van der Waals surface area contributed by atoms with Gasteiger partial charge in [0.25, 0.3) is 10.0 Å². The van der Waals surface area contributed by atoms with Crippen molar-refractivity contribution in [2.24, 2.45) is 0 Å². The molecule has 0 amide bonds. The Bertz CT molecular complexity index is 885. The van der Waals surface area contributed by atoms with Crippen LogP contribution in [0.1, 0.15) is 25.3 Å². The lowest BCUT2D eigenvalue weighted by atomic mass is 9.96. The number of rotatable bonds is 7. The van der Waals surface area contributed by atoms with Crippen LogP contribution in [0.15, 0.2) is 53.4 Å². The zero-order valence-electron chi connectivity index (χ0n) is 14.7. The lowest BCUT2D eigenvalue weighted by molar-refractivity contribution is -0.146. The molecule has 1 N–H and O–H groups in total. The molecule has 6 nitrogen and oxygen atoms in total. The predicted octanol–water partition coefficient (Wildman–Crippen LogP) is 3.09. The number of hydrogen-bond acceptors (Lipinski definition) is 5. The lowest BCUT2D eigenvalue weighted by Crippen LogP contribution is -2.23. The first-order valence-corrected chi connectivity index (χ1v) is 9.84. The molecule has 1 aliphatic rings. The Morgan fingerprint density at radius 3 is 2.19 bits per heavy atom. The fourth-order valence-corrected chi connectivity index (χ4v) is 3.89. The van der Waals surface area contributed by atoms with Gasteiger partial charge in [0.15, 0.2) is 0 Å². The van der Waals surface area contributed by atoms with Gasteiger partial charge in [-0.25, -0.2) is 8.42 Å². The van der Waals surface area contributed by atoms with Crippen LogP contribution in [0.5, 0.6) is 5.75 Å². The summed E-state index contributed by atoms with van der Waals surface area (Å²) in [5.41, 5.74) is 0.719. The van der Waals surface area contributed by atoms with E-state index in [1.54, 1.807) is 43.3 Å². The molecule has 2 aromatic carbocycles. The molecular formula is C19H21NO5S. The van der Waals surface area contributed by atoms with Crippen LogP contribution in [0.3, 0.4) is 0 Å². The van der Waals surface area contributed by atoms with E-state index in [0.717, 1.165) is 18.4 Å². The molecule has 1 aliphatic carbocycles. The molecule has 3 rings (SSSR count). The number of ether oxygens (including phenoxy) is 2. The van der Waals surface area contributed by atoms with Crippen molar-refractivity contribution >= 4 is 21.7 Å². The Morgan fingerprint density at radius 1 is 1.08 bits per heavy atom. The van der Waals surface area contributed by atoms with Crippen LogP contribution in [0.4, 0.5) is 5.69 Å². The van der Waals surface area contributed by atoms with Crippen molar-refractivity contribution in [3.8, 4) is 5.75 Å². The number of carbonyl (C=O) groups excluding carboxylic acids is 1. The van der Waals surface area contributed by atoms with E-state index in [1.165, 1.54) is 19.2 Å². The van der Waals surface area contributed by atoms with E-state index in [2.05, 4.69) is 4.72 Å². The van der Waals surface area contributed by atoms with Crippen molar-refractivity contribution in [2.75, 3.05) is 18.4 Å². The number of sulfonamides is 1. The highest BCUT2D eigenvalue weighted by molar-refractivity contribution is 7.92.